The molecule has 41 heavy (non-hydrogen) atoms. The molecule has 0 aromatic rings. The van der Waals surface area contributed by atoms with E-state index < -0.39 is 41.8 Å². The molecule has 0 aromatic heterocycles. The van der Waals surface area contributed by atoms with Crippen LogP contribution in [0.15, 0.2) is 58.9 Å². The summed E-state index contributed by atoms with van der Waals surface area (Å²) >= 11 is 0. The molecule has 1 aliphatic carbocycles. The van der Waals surface area contributed by atoms with E-state index in [1.807, 2.05) is 26.0 Å². The maximum atomic E-state index is 13.0. The fourth-order valence-corrected chi connectivity index (χ4v) is 6.46. The van der Waals surface area contributed by atoms with Crippen LogP contribution in [-0.2, 0) is 23.8 Å². The van der Waals surface area contributed by atoms with Gasteiger partial charge < -0.3 is 29.5 Å². The van der Waals surface area contributed by atoms with E-state index in [-0.39, 0.29) is 42.5 Å². The molecular formula is C33H46O8. The van der Waals surface area contributed by atoms with E-state index in [0.717, 1.165) is 31.3 Å². The molecule has 0 amide bonds. The molecule has 8 nitrogen and oxygen atoms in total. The van der Waals surface area contributed by atoms with E-state index in [9.17, 15) is 24.9 Å². The van der Waals surface area contributed by atoms with Gasteiger partial charge in [-0.3, -0.25) is 9.59 Å². The van der Waals surface area contributed by atoms with E-state index in [1.54, 1.807) is 38.2 Å². The van der Waals surface area contributed by atoms with E-state index >= 15 is 0 Å². The van der Waals surface area contributed by atoms with E-state index in [0.29, 0.717) is 17.8 Å². The average Bonchev–Trinajstić information content (AvgIpc) is 3.47. The first kappa shape index (κ1) is 31.4. The van der Waals surface area contributed by atoms with Crippen molar-refractivity contribution >= 4 is 11.8 Å². The number of esters is 1. The van der Waals surface area contributed by atoms with Crippen LogP contribution in [0.1, 0.15) is 73.1 Å². The lowest BCUT2D eigenvalue weighted by Gasteiger charge is -2.45. The van der Waals surface area contributed by atoms with E-state index in [4.69, 9.17) is 14.2 Å². The summed E-state index contributed by atoms with van der Waals surface area (Å²) in [7, 11) is 0. The molecule has 8 heteroatoms. The molecule has 4 rings (SSSR count). The number of aliphatic hydroxyl groups excluding tert-OH is 3. The highest BCUT2D eigenvalue weighted by Crippen LogP contribution is 2.43. The van der Waals surface area contributed by atoms with Gasteiger partial charge in [-0.15, -0.1) is 0 Å². The maximum Gasteiger partial charge on any atom is 0.309 e. The van der Waals surface area contributed by atoms with Crippen molar-refractivity contribution in [3.8, 4) is 0 Å². The lowest BCUT2D eigenvalue weighted by Crippen LogP contribution is -2.49. The van der Waals surface area contributed by atoms with Crippen molar-refractivity contribution < 1.29 is 39.1 Å². The van der Waals surface area contributed by atoms with E-state index in [2.05, 4.69) is 6.92 Å². The van der Waals surface area contributed by atoms with Crippen molar-refractivity contribution in [2.45, 2.75) is 103 Å². The number of rotatable bonds is 2. The minimum Gasteiger partial charge on any atom is -0.504 e. The molecule has 0 bridgehead atoms. The molecule has 3 aliphatic heterocycles. The number of ketones is 1. The van der Waals surface area contributed by atoms with Gasteiger partial charge >= 0.3 is 5.97 Å². The lowest BCUT2D eigenvalue weighted by atomic mass is 9.81. The highest BCUT2D eigenvalue weighted by molar-refractivity contribution is 6.00. The number of carbonyl (C=O) groups is 2. The summed E-state index contributed by atoms with van der Waals surface area (Å²) in [6.07, 6.45) is 11.0. The zero-order valence-corrected chi connectivity index (χ0v) is 24.9. The highest BCUT2D eigenvalue weighted by Gasteiger charge is 2.47. The molecule has 0 saturated carbocycles. The van der Waals surface area contributed by atoms with Gasteiger partial charge in [0.15, 0.2) is 11.5 Å². The zero-order chi connectivity index (χ0) is 29.9. The summed E-state index contributed by atoms with van der Waals surface area (Å²) < 4.78 is 18.6. The quantitative estimate of drug-likeness (QED) is 0.312. The van der Waals surface area contributed by atoms with Gasteiger partial charge in [-0.1, -0.05) is 49.8 Å². The Balaban J connectivity index is 1.63. The van der Waals surface area contributed by atoms with Gasteiger partial charge in [0.2, 0.25) is 5.78 Å². The Labute approximate surface area is 243 Å². The van der Waals surface area contributed by atoms with Crippen LogP contribution in [0.5, 0.6) is 0 Å². The molecule has 4 aliphatic rings. The first-order valence-electron chi connectivity index (χ1n) is 14.9. The van der Waals surface area contributed by atoms with Gasteiger partial charge in [0.1, 0.15) is 6.10 Å². The predicted molar refractivity (Wildman–Crippen MR) is 155 cm³/mol. The molecule has 2 saturated heterocycles. The van der Waals surface area contributed by atoms with Crippen molar-refractivity contribution in [3.05, 3.63) is 58.9 Å². The van der Waals surface area contributed by atoms with Gasteiger partial charge in [-0.2, -0.15) is 0 Å². The van der Waals surface area contributed by atoms with Gasteiger partial charge in [0, 0.05) is 31.1 Å². The third-order valence-electron chi connectivity index (χ3n) is 9.20. The first-order valence-corrected chi connectivity index (χ1v) is 14.9. The average molecular weight is 571 g/mol. The lowest BCUT2D eigenvalue weighted by molar-refractivity contribution is -0.283. The number of carbonyl (C=O) groups excluding carboxylic acids is 2. The van der Waals surface area contributed by atoms with Crippen molar-refractivity contribution in [2.24, 2.45) is 23.7 Å². The fourth-order valence-electron chi connectivity index (χ4n) is 6.46. The Morgan fingerprint density at radius 1 is 1.05 bits per heavy atom. The van der Waals surface area contributed by atoms with Gasteiger partial charge in [-0.25, -0.2) is 0 Å². The number of fused-ring (bicyclic) bond motifs is 1. The van der Waals surface area contributed by atoms with Crippen LogP contribution >= 0.6 is 0 Å². The molecule has 0 radical (unpaired) electrons. The number of hydrogen-bond donors (Lipinski definition) is 3. The number of Topliss-reactive ketones (excluding diaryl/α,β-unsaturated/α-hetero) is 1. The largest absolute Gasteiger partial charge is 0.504 e. The van der Waals surface area contributed by atoms with Crippen LogP contribution in [0, 0.1) is 23.7 Å². The van der Waals surface area contributed by atoms with Gasteiger partial charge in [-0.05, 0) is 56.8 Å². The van der Waals surface area contributed by atoms with E-state index in [1.165, 1.54) is 0 Å². The second-order valence-corrected chi connectivity index (χ2v) is 12.4. The monoisotopic (exact) mass is 570 g/mol. The topological polar surface area (TPSA) is 123 Å². The predicted octanol–water partition coefficient (Wildman–Crippen LogP) is 5.02. The Morgan fingerprint density at radius 2 is 1.80 bits per heavy atom. The summed E-state index contributed by atoms with van der Waals surface area (Å²) in [6.45, 7) is 10.1. The second-order valence-electron chi connectivity index (χ2n) is 12.4. The second kappa shape index (κ2) is 13.2. The number of hydrogen-bond acceptors (Lipinski definition) is 8. The maximum absolute atomic E-state index is 13.0. The molecule has 226 valence electrons. The summed E-state index contributed by atoms with van der Waals surface area (Å²) in [5, 5.41) is 32.2. The molecule has 3 N–H and O–H groups in total. The van der Waals surface area contributed by atoms with Crippen molar-refractivity contribution in [3.63, 3.8) is 0 Å². The Bertz CT molecular complexity index is 1140. The first-order chi connectivity index (χ1) is 19.4. The van der Waals surface area contributed by atoms with Crippen LogP contribution in [0.4, 0.5) is 0 Å². The Morgan fingerprint density at radius 3 is 2.51 bits per heavy atom. The van der Waals surface area contributed by atoms with Gasteiger partial charge in [0.05, 0.1) is 37.3 Å². The summed E-state index contributed by atoms with van der Waals surface area (Å²) in [4.78, 5) is 25.9. The number of cyclic esters (lactones) is 1. The smallest absolute Gasteiger partial charge is 0.309 e. The summed E-state index contributed by atoms with van der Waals surface area (Å²) in [5.74, 6) is -2.79. The van der Waals surface area contributed by atoms with Crippen LogP contribution in [0.25, 0.3) is 0 Å². The van der Waals surface area contributed by atoms with Crippen LogP contribution in [0.3, 0.4) is 0 Å². The number of ether oxygens (including phenoxy) is 3. The Kier molecular flexibility index (Phi) is 10.1. The SMILES string of the molecule is CC1=C(O)C(=O)[C@@H]2C=C[C@H](O)C[C@@H]([C@H](C)[C@@H]3O[C@]4(CCCO4)CC[C@H]3C)OC(=O)C/C=C(\C)[C@H](O)/C=C(C)/C=C/[C@@H]12. The summed E-state index contributed by atoms with van der Waals surface area (Å²) in [5.41, 5.74) is 1.94. The summed E-state index contributed by atoms with van der Waals surface area (Å²) in [6, 6.07) is 0. The molecule has 0 aromatic carbocycles. The molecule has 0 unspecified atom stereocenters. The molecule has 3 heterocycles. The minimum atomic E-state index is -0.997. The Hall–Kier alpha value is -2.52. The fraction of sp³-hybridized carbons (Fsp3) is 0.636. The van der Waals surface area contributed by atoms with Gasteiger partial charge in [0.25, 0.3) is 0 Å². The van der Waals surface area contributed by atoms with Crippen LogP contribution < -0.4 is 0 Å². The molecular weight excluding hydrogens is 524 g/mol. The molecule has 2 fully saturated rings. The molecule has 9 atom stereocenters. The minimum absolute atomic E-state index is 0.0170. The third-order valence-corrected chi connectivity index (χ3v) is 9.20. The van der Waals surface area contributed by atoms with Crippen molar-refractivity contribution in [1.29, 1.82) is 0 Å². The van der Waals surface area contributed by atoms with Crippen molar-refractivity contribution in [2.75, 3.05) is 6.61 Å². The number of allylic oxidation sites excluding steroid dienone is 6. The zero-order valence-electron chi connectivity index (χ0n) is 24.9. The van der Waals surface area contributed by atoms with Crippen molar-refractivity contribution in [1.82, 2.24) is 0 Å². The van der Waals surface area contributed by atoms with Crippen LogP contribution in [-0.4, -0.2) is 63.9 Å². The number of aliphatic hydroxyl groups is 3. The standard InChI is InChI=1S/C33H46O8/c1-19-7-10-25-22(4)30(37)31(38)26(25)11-9-24(34)18-28(40-29(36)12-8-20(2)27(35)17-19)23(5)32-21(3)13-15-33(41-32)14-6-16-39-33/h7-11,17,21,23-28,32,34-35,37H,6,12-16,18H2,1-5H3/b10-7+,11-9?,19-17+,20-8+/t21-,23+,24+,25+,26-,27-,28+,32-,33-/m1/s1. The molecule has 1 spiro atoms. The normalized spacial score (nSPS) is 41.7. The highest BCUT2D eigenvalue weighted by atomic mass is 16.7. The van der Waals surface area contributed by atoms with Crippen LogP contribution in [0.2, 0.25) is 0 Å². The third kappa shape index (κ3) is 7.28.